The van der Waals surface area contributed by atoms with Crippen molar-refractivity contribution in [3.05, 3.63) is 42.4 Å². The second kappa shape index (κ2) is 7.62. The first-order valence-corrected chi connectivity index (χ1v) is 8.13. The molecule has 0 N–H and O–H groups in total. The van der Waals surface area contributed by atoms with E-state index in [4.69, 9.17) is 10.00 Å². The number of fused-ring (bicyclic) bond motifs is 1. The van der Waals surface area contributed by atoms with Crippen molar-refractivity contribution in [3.8, 4) is 11.8 Å². The predicted octanol–water partition coefficient (Wildman–Crippen LogP) is 2.56. The van der Waals surface area contributed by atoms with Crippen LogP contribution in [0, 0.1) is 18.3 Å². The van der Waals surface area contributed by atoms with Crippen LogP contribution in [-0.4, -0.2) is 39.9 Å². The van der Waals surface area contributed by atoms with Crippen molar-refractivity contribution in [1.29, 1.82) is 5.26 Å². The van der Waals surface area contributed by atoms with Gasteiger partial charge in [-0.3, -0.25) is 0 Å². The molecule has 3 aromatic rings. The van der Waals surface area contributed by atoms with E-state index in [2.05, 4.69) is 28.1 Å². The van der Waals surface area contributed by atoms with Crippen LogP contribution < -0.4 is 9.64 Å². The van der Waals surface area contributed by atoms with Crippen LogP contribution in [0.1, 0.15) is 12.0 Å². The third-order valence-electron chi connectivity index (χ3n) is 3.93. The van der Waals surface area contributed by atoms with Crippen LogP contribution in [0.5, 0.6) is 5.75 Å². The van der Waals surface area contributed by atoms with E-state index in [1.807, 2.05) is 36.2 Å². The maximum Gasteiger partial charge on any atom is 0.163 e. The molecule has 0 unspecified atom stereocenters. The maximum atomic E-state index is 8.74. The summed E-state index contributed by atoms with van der Waals surface area (Å²) in [6.45, 7) is 3.81. The van der Waals surface area contributed by atoms with Crippen molar-refractivity contribution in [2.45, 2.75) is 19.9 Å². The third kappa shape index (κ3) is 3.86. The summed E-state index contributed by atoms with van der Waals surface area (Å²) >= 11 is 0. The minimum atomic E-state index is 0.399. The topological polar surface area (TPSA) is 79.9 Å². The first-order chi connectivity index (χ1) is 12.2. The van der Waals surface area contributed by atoms with Crippen LogP contribution in [0.4, 0.5) is 5.82 Å². The molecule has 0 aliphatic rings. The number of hydrogen-bond acceptors (Lipinski definition) is 6. The Morgan fingerprint density at radius 2 is 2.04 bits per heavy atom. The van der Waals surface area contributed by atoms with Crippen LogP contribution in [0.25, 0.3) is 11.0 Å². The summed E-state index contributed by atoms with van der Waals surface area (Å²) in [6, 6.07) is 10.1. The molecule has 0 radical (unpaired) electrons. The third-order valence-corrected chi connectivity index (χ3v) is 3.93. The summed E-state index contributed by atoms with van der Waals surface area (Å²) in [4.78, 5) is 10.7. The van der Waals surface area contributed by atoms with E-state index in [0.29, 0.717) is 26.1 Å². The largest absolute Gasteiger partial charge is 0.492 e. The van der Waals surface area contributed by atoms with Gasteiger partial charge in [-0.15, -0.1) is 0 Å². The molecule has 25 heavy (non-hydrogen) atoms. The van der Waals surface area contributed by atoms with Gasteiger partial charge in [-0.25, -0.2) is 14.6 Å². The van der Waals surface area contributed by atoms with Gasteiger partial charge in [0.1, 0.15) is 24.5 Å². The lowest BCUT2D eigenvalue weighted by Gasteiger charge is -2.18. The van der Waals surface area contributed by atoms with Crippen molar-refractivity contribution in [2.24, 2.45) is 0 Å². The fourth-order valence-electron chi connectivity index (χ4n) is 2.55. The highest BCUT2D eigenvalue weighted by molar-refractivity contribution is 5.86. The van der Waals surface area contributed by atoms with E-state index >= 15 is 0 Å². The van der Waals surface area contributed by atoms with Crippen molar-refractivity contribution < 1.29 is 4.74 Å². The van der Waals surface area contributed by atoms with Crippen LogP contribution in [0.2, 0.25) is 0 Å². The molecule has 0 saturated carbocycles. The molecule has 3 rings (SSSR count). The molecule has 128 valence electrons. The zero-order valence-electron chi connectivity index (χ0n) is 14.4. The highest BCUT2D eigenvalue weighted by Gasteiger charge is 2.13. The zero-order valence-corrected chi connectivity index (χ0v) is 14.4. The number of likely N-dealkylation sites (N-methyl/N-ethyl adjacent to an activating group) is 1. The van der Waals surface area contributed by atoms with Crippen molar-refractivity contribution in [1.82, 2.24) is 19.7 Å². The van der Waals surface area contributed by atoms with E-state index in [1.54, 1.807) is 10.9 Å². The standard InChI is InChI=1S/C18H20N6O/c1-14-4-6-15(7-5-14)25-11-10-23(2)17-16-12-22-24(9-3-8-19)18(16)21-13-20-17/h4-7,12-13H,3,9-11H2,1-2H3. The van der Waals surface area contributed by atoms with Crippen LogP contribution >= 0.6 is 0 Å². The lowest BCUT2D eigenvalue weighted by atomic mass is 10.2. The summed E-state index contributed by atoms with van der Waals surface area (Å²) in [5.41, 5.74) is 1.95. The average molecular weight is 336 g/mol. The van der Waals surface area contributed by atoms with Gasteiger partial charge in [0.2, 0.25) is 0 Å². The Hall–Kier alpha value is -3.14. The Morgan fingerprint density at radius 3 is 2.80 bits per heavy atom. The molecular formula is C18H20N6O. The number of anilines is 1. The number of hydrogen-bond donors (Lipinski definition) is 0. The number of ether oxygens (including phenoxy) is 1. The molecule has 2 aromatic heterocycles. The van der Waals surface area contributed by atoms with Crippen molar-refractivity contribution in [3.63, 3.8) is 0 Å². The zero-order chi connectivity index (χ0) is 17.6. The summed E-state index contributed by atoms with van der Waals surface area (Å²) in [7, 11) is 1.97. The molecule has 0 fully saturated rings. The molecule has 0 saturated heterocycles. The van der Waals surface area contributed by atoms with Gasteiger partial charge < -0.3 is 9.64 Å². The second-order valence-electron chi connectivity index (χ2n) is 5.79. The van der Waals surface area contributed by atoms with E-state index in [0.717, 1.165) is 22.6 Å². The smallest absolute Gasteiger partial charge is 0.163 e. The minimum absolute atomic E-state index is 0.399. The van der Waals surface area contributed by atoms with E-state index < -0.39 is 0 Å². The fraction of sp³-hybridized carbons (Fsp3) is 0.333. The quantitative estimate of drug-likeness (QED) is 0.660. The van der Waals surface area contributed by atoms with Gasteiger partial charge in [0, 0.05) is 7.05 Å². The highest BCUT2D eigenvalue weighted by atomic mass is 16.5. The SMILES string of the molecule is Cc1ccc(OCCN(C)c2ncnc3c2cnn3CCC#N)cc1. The minimum Gasteiger partial charge on any atom is -0.492 e. The molecule has 0 aliphatic carbocycles. The molecule has 0 aliphatic heterocycles. The number of rotatable bonds is 7. The Morgan fingerprint density at radius 1 is 1.24 bits per heavy atom. The molecule has 2 heterocycles. The summed E-state index contributed by atoms with van der Waals surface area (Å²) in [6.07, 6.45) is 3.68. The Balaban J connectivity index is 1.67. The predicted molar refractivity (Wildman–Crippen MR) is 95.5 cm³/mol. The molecular weight excluding hydrogens is 316 g/mol. The first-order valence-electron chi connectivity index (χ1n) is 8.13. The molecule has 0 spiro atoms. The average Bonchev–Trinajstić information content (AvgIpc) is 3.04. The van der Waals surface area contributed by atoms with Crippen molar-refractivity contribution in [2.75, 3.05) is 25.1 Å². The van der Waals surface area contributed by atoms with E-state index in [-0.39, 0.29) is 0 Å². The Kier molecular flexibility index (Phi) is 5.09. The molecule has 1 aromatic carbocycles. The van der Waals surface area contributed by atoms with E-state index in [1.165, 1.54) is 11.9 Å². The van der Waals surface area contributed by atoms with Gasteiger partial charge in [-0.05, 0) is 19.1 Å². The maximum absolute atomic E-state index is 8.74. The van der Waals surface area contributed by atoms with Crippen LogP contribution in [0.15, 0.2) is 36.8 Å². The summed E-state index contributed by atoms with van der Waals surface area (Å²) in [5, 5.41) is 13.9. The molecule has 0 bridgehead atoms. The lowest BCUT2D eigenvalue weighted by molar-refractivity contribution is 0.325. The monoisotopic (exact) mass is 336 g/mol. The Bertz CT molecular complexity index is 881. The number of nitriles is 1. The van der Waals surface area contributed by atoms with E-state index in [9.17, 15) is 0 Å². The van der Waals surface area contributed by atoms with Gasteiger partial charge in [-0.2, -0.15) is 10.4 Å². The Labute approximate surface area is 146 Å². The van der Waals surface area contributed by atoms with Crippen molar-refractivity contribution >= 4 is 16.9 Å². The number of aromatic nitrogens is 4. The first kappa shape index (κ1) is 16.7. The summed E-state index contributed by atoms with van der Waals surface area (Å²) < 4.78 is 7.52. The van der Waals surface area contributed by atoms with Crippen LogP contribution in [0.3, 0.4) is 0 Å². The normalized spacial score (nSPS) is 10.6. The highest BCUT2D eigenvalue weighted by Crippen LogP contribution is 2.21. The van der Waals surface area contributed by atoms with Gasteiger partial charge >= 0.3 is 0 Å². The number of benzene rings is 1. The van der Waals surface area contributed by atoms with Crippen LogP contribution in [-0.2, 0) is 6.54 Å². The summed E-state index contributed by atoms with van der Waals surface area (Å²) in [5.74, 6) is 1.66. The fourth-order valence-corrected chi connectivity index (χ4v) is 2.55. The van der Waals surface area contributed by atoms with Gasteiger partial charge in [0.15, 0.2) is 5.65 Å². The number of aryl methyl sites for hydroxylation is 2. The molecule has 0 amide bonds. The van der Waals surface area contributed by atoms with Gasteiger partial charge in [-0.1, -0.05) is 17.7 Å². The molecule has 0 atom stereocenters. The molecule has 7 heteroatoms. The lowest BCUT2D eigenvalue weighted by Crippen LogP contribution is -2.24. The number of nitrogens with zero attached hydrogens (tertiary/aromatic N) is 6. The second-order valence-corrected chi connectivity index (χ2v) is 5.79. The molecule has 7 nitrogen and oxygen atoms in total. The van der Waals surface area contributed by atoms with Gasteiger partial charge in [0.25, 0.3) is 0 Å². The van der Waals surface area contributed by atoms with Gasteiger partial charge in [0.05, 0.1) is 37.2 Å².